The fraction of sp³-hybridized carbons (Fsp3) is 0.500. The van der Waals surface area contributed by atoms with Crippen molar-refractivity contribution in [1.82, 2.24) is 0 Å². The minimum Gasteiger partial charge on any atom is -0.477 e. The summed E-state index contributed by atoms with van der Waals surface area (Å²) in [5.74, 6) is -52.8. The molecule has 0 fully saturated rings. The smallest absolute Gasteiger partial charge is 0.460 e. The van der Waals surface area contributed by atoms with Crippen molar-refractivity contribution >= 4 is 11.7 Å². The number of nitrogen functional groups attached to an aromatic ring is 1. The Kier molecular flexibility index (Phi) is 7.74. The first-order valence-electron chi connectivity index (χ1n) is 7.21. The Hall–Kier alpha value is -2.56. The summed E-state index contributed by atoms with van der Waals surface area (Å²) in [6, 6.07) is 9.49. The van der Waals surface area contributed by atoms with Crippen molar-refractivity contribution in [3.63, 3.8) is 0 Å². The molecule has 186 valence electrons. The molecule has 0 saturated heterocycles. The maximum atomic E-state index is 12.8. The fourth-order valence-electron chi connectivity index (χ4n) is 1.55. The van der Waals surface area contributed by atoms with E-state index in [0.717, 1.165) is 5.69 Å². The van der Waals surface area contributed by atoms with Gasteiger partial charge < -0.3 is 10.8 Å². The highest BCUT2D eigenvalue weighted by atomic mass is 19.4. The van der Waals surface area contributed by atoms with Crippen molar-refractivity contribution in [3.8, 4) is 0 Å². The molecule has 1 aromatic rings. The molecule has 18 heteroatoms. The highest BCUT2D eigenvalue weighted by molar-refractivity contribution is 5.77. The van der Waals surface area contributed by atoms with E-state index in [-0.39, 0.29) is 0 Å². The quantitative estimate of drug-likeness (QED) is 0.383. The number of aliphatic carboxylic acids is 1. The predicted molar refractivity (Wildman–Crippen MR) is 74.2 cm³/mol. The molecule has 0 heterocycles. The summed E-state index contributed by atoms with van der Waals surface area (Å²) in [5, 5.41) is 7.57. The molecule has 0 radical (unpaired) electrons. The van der Waals surface area contributed by atoms with Gasteiger partial charge in [-0.25, -0.2) is 4.79 Å². The zero-order valence-corrected chi connectivity index (χ0v) is 14.5. The van der Waals surface area contributed by atoms with Crippen LogP contribution in [0.1, 0.15) is 0 Å². The average Bonchev–Trinajstić information content (AvgIpc) is 2.60. The molecule has 0 unspecified atom stereocenters. The number of carbonyl (C=O) groups is 1. The highest BCUT2D eigenvalue weighted by Crippen LogP contribution is 2.62. The summed E-state index contributed by atoms with van der Waals surface area (Å²) in [6.45, 7) is 0. The lowest BCUT2D eigenvalue weighted by molar-refractivity contribution is -0.450. The summed E-state index contributed by atoms with van der Waals surface area (Å²) < 4.78 is 187. The number of nitrogens with two attached hydrogens (primary N) is 1. The Bertz CT molecular complexity index is 789. The van der Waals surface area contributed by atoms with Crippen molar-refractivity contribution in [2.24, 2.45) is 0 Å². The number of halogens is 15. The van der Waals surface area contributed by atoms with Gasteiger partial charge in [-0.2, -0.15) is 65.9 Å². The molecule has 0 spiro atoms. The highest BCUT2D eigenvalue weighted by Gasteiger charge is 2.94. The minimum atomic E-state index is -8.47. The standard InChI is InChI=1S/C8HF15O2.C6H7N/c9-2(10,1(24)25)3(11,12)4(13,14)5(15,16)6(17,18)7(19,20)8(21,22)23;7-6-4-2-1-3-5-6/h(H,24,25);1-5H,7H2. The Balaban J connectivity index is 0.00000115. The van der Waals surface area contributed by atoms with E-state index in [2.05, 4.69) is 0 Å². The van der Waals surface area contributed by atoms with Crippen LogP contribution in [0.2, 0.25) is 0 Å². The second-order valence-electron chi connectivity index (χ2n) is 5.66. The Morgan fingerprint density at radius 2 is 0.906 bits per heavy atom. The molecular weight excluding hydrogens is 499 g/mol. The van der Waals surface area contributed by atoms with Crippen LogP contribution in [0.4, 0.5) is 71.5 Å². The van der Waals surface area contributed by atoms with Crippen LogP contribution in [-0.2, 0) is 4.79 Å². The predicted octanol–water partition coefficient (Wildman–Crippen LogP) is 5.71. The van der Waals surface area contributed by atoms with Crippen LogP contribution in [0.5, 0.6) is 0 Å². The first-order chi connectivity index (χ1) is 13.8. The number of anilines is 1. The molecule has 3 N–H and O–H groups in total. The molecule has 32 heavy (non-hydrogen) atoms. The first-order valence-corrected chi connectivity index (χ1v) is 7.21. The van der Waals surface area contributed by atoms with Gasteiger partial charge >= 0.3 is 47.7 Å². The van der Waals surface area contributed by atoms with Crippen molar-refractivity contribution < 1.29 is 75.8 Å². The number of hydrogen-bond acceptors (Lipinski definition) is 2. The molecule has 1 aromatic carbocycles. The van der Waals surface area contributed by atoms with Crippen LogP contribution in [0.25, 0.3) is 0 Å². The van der Waals surface area contributed by atoms with E-state index < -0.39 is 47.7 Å². The number of hydrogen-bond donors (Lipinski definition) is 2. The molecule has 0 aromatic heterocycles. The molecule has 1 rings (SSSR count). The van der Waals surface area contributed by atoms with Gasteiger partial charge in [-0.1, -0.05) is 18.2 Å². The van der Waals surface area contributed by atoms with E-state index >= 15 is 0 Å². The van der Waals surface area contributed by atoms with E-state index in [9.17, 15) is 70.7 Å². The zero-order chi connectivity index (χ0) is 26.2. The van der Waals surface area contributed by atoms with Gasteiger partial charge in [0.2, 0.25) is 0 Å². The van der Waals surface area contributed by atoms with E-state index in [0.29, 0.717) is 0 Å². The number of carboxylic acids is 1. The van der Waals surface area contributed by atoms with Gasteiger partial charge in [-0.05, 0) is 12.1 Å². The van der Waals surface area contributed by atoms with Crippen LogP contribution < -0.4 is 5.73 Å². The second-order valence-corrected chi connectivity index (χ2v) is 5.66. The molecule has 0 aliphatic heterocycles. The lowest BCUT2D eigenvalue weighted by Gasteiger charge is -2.40. The SMILES string of the molecule is Nc1ccccc1.O=C(O)C(F)(F)C(F)(F)C(F)(F)C(F)(F)C(F)(F)C(F)(F)C(F)(F)F. The summed E-state index contributed by atoms with van der Waals surface area (Å²) in [7, 11) is 0. The maximum Gasteiger partial charge on any atom is 0.460 e. The number of para-hydroxylation sites is 1. The van der Waals surface area contributed by atoms with Gasteiger partial charge in [0.1, 0.15) is 0 Å². The van der Waals surface area contributed by atoms with Crippen LogP contribution in [0.3, 0.4) is 0 Å². The molecule has 0 saturated carbocycles. The molecule has 0 aliphatic rings. The van der Waals surface area contributed by atoms with Crippen LogP contribution in [0, 0.1) is 0 Å². The number of rotatable bonds is 6. The van der Waals surface area contributed by atoms with Crippen molar-refractivity contribution in [1.29, 1.82) is 0 Å². The number of carboxylic acid groups (broad SMARTS) is 1. The molecule has 0 amide bonds. The van der Waals surface area contributed by atoms with E-state index in [4.69, 9.17) is 10.8 Å². The Labute approximate surface area is 166 Å². The largest absolute Gasteiger partial charge is 0.477 e. The van der Waals surface area contributed by atoms with Gasteiger partial charge in [0.25, 0.3) is 0 Å². The average molecular weight is 507 g/mol. The van der Waals surface area contributed by atoms with E-state index in [1.807, 2.05) is 30.3 Å². The fourth-order valence-corrected chi connectivity index (χ4v) is 1.55. The van der Waals surface area contributed by atoms with Gasteiger partial charge in [0.05, 0.1) is 0 Å². The zero-order valence-electron chi connectivity index (χ0n) is 14.5. The van der Waals surface area contributed by atoms with E-state index in [1.54, 1.807) is 0 Å². The third-order valence-corrected chi connectivity index (χ3v) is 3.40. The lowest BCUT2D eigenvalue weighted by Crippen LogP contribution is -2.73. The number of alkyl halides is 15. The van der Waals surface area contributed by atoms with Crippen LogP contribution >= 0.6 is 0 Å². The number of benzene rings is 1. The molecule has 3 nitrogen and oxygen atoms in total. The van der Waals surface area contributed by atoms with Crippen molar-refractivity contribution in [2.75, 3.05) is 5.73 Å². The monoisotopic (exact) mass is 507 g/mol. The molecule has 0 bridgehead atoms. The van der Waals surface area contributed by atoms with Crippen molar-refractivity contribution in [2.45, 2.75) is 41.7 Å². The maximum absolute atomic E-state index is 12.8. The summed E-state index contributed by atoms with van der Waals surface area (Å²) >= 11 is 0. The normalized spacial score (nSPS) is 14.5. The van der Waals surface area contributed by atoms with Crippen LogP contribution in [0.15, 0.2) is 30.3 Å². The summed E-state index contributed by atoms with van der Waals surface area (Å²) in [5.41, 5.74) is 6.18. The van der Waals surface area contributed by atoms with Gasteiger partial charge in [0.15, 0.2) is 0 Å². The van der Waals surface area contributed by atoms with Crippen LogP contribution in [-0.4, -0.2) is 52.8 Å². The van der Waals surface area contributed by atoms with Gasteiger partial charge in [0, 0.05) is 5.69 Å². The van der Waals surface area contributed by atoms with E-state index in [1.165, 1.54) is 0 Å². The van der Waals surface area contributed by atoms with Gasteiger partial charge in [-0.3, -0.25) is 0 Å². The molecule has 0 atom stereocenters. The summed E-state index contributed by atoms with van der Waals surface area (Å²) in [6.07, 6.45) is -7.69. The van der Waals surface area contributed by atoms with Crippen molar-refractivity contribution in [3.05, 3.63) is 30.3 Å². The lowest BCUT2D eigenvalue weighted by atomic mass is 9.91. The minimum absolute atomic E-state index is 0.822. The third kappa shape index (κ3) is 4.48. The molecular formula is C14H8F15NO2. The topological polar surface area (TPSA) is 63.3 Å². The Morgan fingerprint density at radius 1 is 0.594 bits per heavy atom. The van der Waals surface area contributed by atoms with Gasteiger partial charge in [-0.15, -0.1) is 0 Å². The second kappa shape index (κ2) is 8.42. The first kappa shape index (κ1) is 29.4. The summed E-state index contributed by atoms with van der Waals surface area (Å²) in [4.78, 5) is 9.72. The Morgan fingerprint density at radius 3 is 1.16 bits per heavy atom. The molecule has 0 aliphatic carbocycles. The third-order valence-electron chi connectivity index (χ3n) is 3.40.